The molecule has 0 N–H and O–H groups in total. The minimum atomic E-state index is 0.0397. The van der Waals surface area contributed by atoms with Gasteiger partial charge >= 0.3 is 0 Å². The van der Waals surface area contributed by atoms with Crippen LogP contribution in [0.25, 0.3) is 0 Å². The predicted molar refractivity (Wildman–Crippen MR) is 106 cm³/mol. The average Bonchev–Trinajstić information content (AvgIpc) is 2.66. The molecule has 5 heteroatoms. The van der Waals surface area contributed by atoms with E-state index in [-0.39, 0.29) is 11.6 Å². The molecule has 0 aromatic heterocycles. The predicted octanol–water partition coefficient (Wildman–Crippen LogP) is 5.18. The van der Waals surface area contributed by atoms with Gasteiger partial charge in [0.1, 0.15) is 12.1 Å². The van der Waals surface area contributed by atoms with Crippen LogP contribution >= 0.6 is 23.5 Å². The lowest BCUT2D eigenvalue weighted by Crippen LogP contribution is -2.01. The molecule has 0 bridgehead atoms. The maximum Gasteiger partial charge on any atom is 0.163 e. The topological polar surface area (TPSA) is 51.2 Å². The van der Waals surface area contributed by atoms with E-state index in [9.17, 15) is 14.4 Å². The van der Waals surface area contributed by atoms with Crippen LogP contribution in [-0.2, 0) is 4.79 Å². The van der Waals surface area contributed by atoms with Gasteiger partial charge in [0.25, 0.3) is 0 Å². The summed E-state index contributed by atoms with van der Waals surface area (Å²) in [5.41, 5.74) is 1.42. The Labute approximate surface area is 157 Å². The zero-order chi connectivity index (χ0) is 18.7. The van der Waals surface area contributed by atoms with E-state index in [0.717, 1.165) is 16.7 Å². The van der Waals surface area contributed by atoms with Gasteiger partial charge in [-0.25, -0.2) is 0 Å². The van der Waals surface area contributed by atoms with Gasteiger partial charge in [-0.3, -0.25) is 9.59 Å². The molecule has 132 valence electrons. The minimum absolute atomic E-state index is 0.0397. The zero-order valence-electron chi connectivity index (χ0n) is 14.7. The quantitative estimate of drug-likeness (QED) is 0.380. The third-order valence-corrected chi connectivity index (χ3v) is 4.86. The summed E-state index contributed by atoms with van der Waals surface area (Å²) in [7, 11) is 0. The molecule has 0 saturated heterocycles. The Morgan fingerprint density at radius 3 is 1.72 bits per heavy atom. The molecule has 0 spiro atoms. The van der Waals surface area contributed by atoms with Crippen molar-refractivity contribution in [2.24, 2.45) is 0 Å². The summed E-state index contributed by atoms with van der Waals surface area (Å²) in [6.07, 6.45) is 5.50. The van der Waals surface area contributed by atoms with E-state index in [2.05, 4.69) is 0 Å². The molecule has 25 heavy (non-hydrogen) atoms. The SMILES string of the molecule is CSc1ccc(C(=O)CCC(C)=O)cc1.CSc1ccc(C=O)cc1. The van der Waals surface area contributed by atoms with E-state index in [1.54, 1.807) is 23.5 Å². The number of carbonyl (C=O) groups excluding carboxylic acids is 3. The number of Topliss-reactive ketones (excluding diaryl/α,β-unsaturated/α-hetero) is 2. The second-order valence-electron chi connectivity index (χ2n) is 5.24. The van der Waals surface area contributed by atoms with Crippen LogP contribution in [0.2, 0.25) is 0 Å². The summed E-state index contributed by atoms with van der Waals surface area (Å²) in [4.78, 5) is 34.8. The lowest BCUT2D eigenvalue weighted by molar-refractivity contribution is -0.116. The van der Waals surface area contributed by atoms with E-state index >= 15 is 0 Å². The van der Waals surface area contributed by atoms with Crippen LogP contribution in [0.3, 0.4) is 0 Å². The largest absolute Gasteiger partial charge is 0.300 e. The highest BCUT2D eigenvalue weighted by Gasteiger charge is 2.06. The Bertz CT molecular complexity index is 692. The van der Waals surface area contributed by atoms with Crippen molar-refractivity contribution in [3.05, 3.63) is 59.7 Å². The van der Waals surface area contributed by atoms with E-state index in [4.69, 9.17) is 0 Å². The van der Waals surface area contributed by atoms with E-state index in [0.29, 0.717) is 18.4 Å². The smallest absolute Gasteiger partial charge is 0.163 e. The lowest BCUT2D eigenvalue weighted by atomic mass is 10.1. The maximum atomic E-state index is 11.6. The number of hydrogen-bond acceptors (Lipinski definition) is 5. The molecule has 0 heterocycles. The lowest BCUT2D eigenvalue weighted by Gasteiger charge is -2.00. The van der Waals surface area contributed by atoms with Crippen LogP contribution in [0.5, 0.6) is 0 Å². The van der Waals surface area contributed by atoms with Gasteiger partial charge in [0.15, 0.2) is 5.78 Å². The fourth-order valence-corrected chi connectivity index (χ4v) is 2.71. The van der Waals surface area contributed by atoms with Gasteiger partial charge < -0.3 is 4.79 Å². The van der Waals surface area contributed by atoms with Gasteiger partial charge in [-0.15, -0.1) is 23.5 Å². The summed E-state index contributed by atoms with van der Waals surface area (Å²) < 4.78 is 0. The molecule has 0 unspecified atom stereocenters. The Balaban J connectivity index is 0.000000271. The first-order valence-corrected chi connectivity index (χ1v) is 10.2. The molecule has 0 aliphatic rings. The fraction of sp³-hybridized carbons (Fsp3) is 0.250. The van der Waals surface area contributed by atoms with Crippen LogP contribution in [-0.4, -0.2) is 30.4 Å². The number of hydrogen-bond donors (Lipinski definition) is 0. The molecule has 0 radical (unpaired) electrons. The number of aldehydes is 1. The molecule has 0 fully saturated rings. The number of carbonyl (C=O) groups is 3. The number of rotatable bonds is 7. The van der Waals surface area contributed by atoms with Crippen molar-refractivity contribution in [1.82, 2.24) is 0 Å². The summed E-state index contributed by atoms with van der Waals surface area (Å²) in [6, 6.07) is 15.0. The van der Waals surface area contributed by atoms with Gasteiger partial charge in [-0.05, 0) is 43.7 Å². The monoisotopic (exact) mass is 374 g/mol. The van der Waals surface area contributed by atoms with Crippen molar-refractivity contribution >= 4 is 41.4 Å². The molecule has 2 aromatic carbocycles. The Kier molecular flexibility index (Phi) is 9.88. The molecule has 2 aromatic rings. The molecular formula is C20H22O3S2. The van der Waals surface area contributed by atoms with Gasteiger partial charge in [0.2, 0.25) is 0 Å². The highest BCUT2D eigenvalue weighted by atomic mass is 32.2. The normalized spacial score (nSPS) is 9.72. The third kappa shape index (κ3) is 8.18. The van der Waals surface area contributed by atoms with Crippen molar-refractivity contribution in [3.63, 3.8) is 0 Å². The molecular weight excluding hydrogens is 352 g/mol. The van der Waals surface area contributed by atoms with E-state index in [1.165, 1.54) is 11.8 Å². The maximum absolute atomic E-state index is 11.6. The molecule has 0 aliphatic carbocycles. The minimum Gasteiger partial charge on any atom is -0.300 e. The van der Waals surface area contributed by atoms with Crippen molar-refractivity contribution in [2.45, 2.75) is 29.6 Å². The highest BCUT2D eigenvalue weighted by Crippen LogP contribution is 2.16. The third-order valence-electron chi connectivity index (χ3n) is 3.37. The molecule has 0 aliphatic heterocycles. The van der Waals surface area contributed by atoms with Crippen molar-refractivity contribution < 1.29 is 14.4 Å². The van der Waals surface area contributed by atoms with Crippen LogP contribution in [0.15, 0.2) is 58.3 Å². The first-order valence-electron chi connectivity index (χ1n) is 7.76. The summed E-state index contributed by atoms with van der Waals surface area (Å²) in [6.45, 7) is 1.50. The van der Waals surface area contributed by atoms with Crippen LogP contribution < -0.4 is 0 Å². The van der Waals surface area contributed by atoms with Gasteiger partial charge in [0, 0.05) is 33.8 Å². The molecule has 0 atom stereocenters. The van der Waals surface area contributed by atoms with Gasteiger partial charge in [-0.2, -0.15) is 0 Å². The number of thioether (sulfide) groups is 2. The summed E-state index contributed by atoms with van der Waals surface area (Å²) in [5, 5.41) is 0. The molecule has 0 saturated carbocycles. The zero-order valence-corrected chi connectivity index (χ0v) is 16.3. The number of ketones is 2. The summed E-state index contributed by atoms with van der Waals surface area (Å²) >= 11 is 3.31. The Morgan fingerprint density at radius 1 is 0.840 bits per heavy atom. The Hall–Kier alpha value is -1.85. The van der Waals surface area contributed by atoms with Crippen molar-refractivity contribution in [3.8, 4) is 0 Å². The van der Waals surface area contributed by atoms with Crippen LogP contribution in [0, 0.1) is 0 Å². The van der Waals surface area contributed by atoms with Crippen LogP contribution in [0.4, 0.5) is 0 Å². The second kappa shape index (κ2) is 11.7. The average molecular weight is 375 g/mol. The second-order valence-corrected chi connectivity index (χ2v) is 7.00. The molecule has 2 rings (SSSR count). The number of benzene rings is 2. The standard InChI is InChI=1S/C12H14O2S.C8H8OS/c1-9(13)3-8-12(14)10-4-6-11(15-2)7-5-10;1-10-8-4-2-7(6-9)3-5-8/h4-7H,3,8H2,1-2H3;2-6H,1H3. The first kappa shape index (κ1) is 21.2. The molecule has 3 nitrogen and oxygen atoms in total. The van der Waals surface area contributed by atoms with Gasteiger partial charge in [-0.1, -0.05) is 24.3 Å². The Morgan fingerprint density at radius 2 is 1.32 bits per heavy atom. The van der Waals surface area contributed by atoms with Crippen LogP contribution in [0.1, 0.15) is 40.5 Å². The highest BCUT2D eigenvalue weighted by molar-refractivity contribution is 7.98. The fourth-order valence-electron chi connectivity index (χ4n) is 1.89. The van der Waals surface area contributed by atoms with E-state index in [1.807, 2.05) is 61.0 Å². The molecule has 0 amide bonds. The van der Waals surface area contributed by atoms with E-state index < -0.39 is 0 Å². The first-order chi connectivity index (χ1) is 12.0. The summed E-state index contributed by atoms with van der Waals surface area (Å²) in [5.74, 6) is 0.0990. The van der Waals surface area contributed by atoms with Crippen molar-refractivity contribution in [1.29, 1.82) is 0 Å². The van der Waals surface area contributed by atoms with Gasteiger partial charge in [0.05, 0.1) is 0 Å². The van der Waals surface area contributed by atoms with Crippen molar-refractivity contribution in [2.75, 3.05) is 12.5 Å².